The van der Waals surface area contributed by atoms with Crippen molar-refractivity contribution in [2.75, 3.05) is 13.2 Å². The molecule has 1 fully saturated rings. The molecule has 2 N–H and O–H groups in total. The average molecular weight is 195 g/mol. The highest BCUT2D eigenvalue weighted by atomic mass is 16.6. The SMILES string of the molecule is OB(O)c1ccc(OC2COC2)nc1. The summed E-state index contributed by atoms with van der Waals surface area (Å²) >= 11 is 0. The monoisotopic (exact) mass is 195 g/mol. The zero-order chi connectivity index (χ0) is 9.97. The first-order valence-electron chi connectivity index (χ1n) is 4.32. The van der Waals surface area contributed by atoms with Crippen molar-refractivity contribution < 1.29 is 19.5 Å². The van der Waals surface area contributed by atoms with Crippen LogP contribution in [-0.4, -0.2) is 41.5 Å². The molecule has 14 heavy (non-hydrogen) atoms. The van der Waals surface area contributed by atoms with Crippen molar-refractivity contribution in [3.05, 3.63) is 18.3 Å². The highest BCUT2D eigenvalue weighted by molar-refractivity contribution is 6.58. The van der Waals surface area contributed by atoms with Crippen LogP contribution in [0.15, 0.2) is 18.3 Å². The first kappa shape index (κ1) is 9.45. The van der Waals surface area contributed by atoms with Crippen molar-refractivity contribution in [1.29, 1.82) is 0 Å². The highest BCUT2D eigenvalue weighted by Crippen LogP contribution is 2.11. The third-order valence-electron chi connectivity index (χ3n) is 1.95. The van der Waals surface area contributed by atoms with E-state index in [0.29, 0.717) is 24.6 Å². The summed E-state index contributed by atoms with van der Waals surface area (Å²) in [6.07, 6.45) is 1.45. The van der Waals surface area contributed by atoms with Crippen molar-refractivity contribution in [1.82, 2.24) is 4.98 Å². The minimum absolute atomic E-state index is 0.0763. The molecule has 0 atom stereocenters. The van der Waals surface area contributed by atoms with Gasteiger partial charge in [0.25, 0.3) is 0 Å². The second-order valence-corrected chi connectivity index (χ2v) is 3.08. The summed E-state index contributed by atoms with van der Waals surface area (Å²) in [5.74, 6) is 0.475. The van der Waals surface area contributed by atoms with Crippen molar-refractivity contribution in [3.63, 3.8) is 0 Å². The molecule has 0 aliphatic carbocycles. The summed E-state index contributed by atoms with van der Waals surface area (Å²) in [6, 6.07) is 3.17. The number of hydrogen-bond donors (Lipinski definition) is 2. The number of nitrogens with zero attached hydrogens (tertiary/aromatic N) is 1. The summed E-state index contributed by atoms with van der Waals surface area (Å²) in [5, 5.41) is 17.6. The molecule has 0 saturated carbocycles. The zero-order valence-corrected chi connectivity index (χ0v) is 7.46. The lowest BCUT2D eigenvalue weighted by atomic mass is 9.82. The molecule has 0 radical (unpaired) electrons. The number of aromatic nitrogens is 1. The van der Waals surface area contributed by atoms with Crippen LogP contribution in [0.2, 0.25) is 0 Å². The number of pyridine rings is 1. The molecule has 1 aliphatic rings. The van der Waals surface area contributed by atoms with Gasteiger partial charge >= 0.3 is 7.12 Å². The van der Waals surface area contributed by atoms with E-state index in [1.807, 2.05) is 0 Å². The Hall–Kier alpha value is -1.11. The molecule has 74 valence electrons. The smallest absolute Gasteiger partial charge is 0.469 e. The molecular formula is C8H10BNO4. The first-order chi connectivity index (χ1) is 6.75. The van der Waals surface area contributed by atoms with Gasteiger partial charge in [0.2, 0.25) is 5.88 Å². The van der Waals surface area contributed by atoms with Crippen LogP contribution in [0.25, 0.3) is 0 Å². The van der Waals surface area contributed by atoms with Gasteiger partial charge < -0.3 is 19.5 Å². The van der Waals surface area contributed by atoms with E-state index in [-0.39, 0.29) is 6.10 Å². The largest absolute Gasteiger partial charge is 0.490 e. The molecule has 6 heteroatoms. The Labute approximate surface area is 81.4 Å². The molecule has 0 spiro atoms. The summed E-state index contributed by atoms with van der Waals surface area (Å²) in [5.41, 5.74) is 0.349. The molecule has 1 aliphatic heterocycles. The Balaban J connectivity index is 1.98. The summed E-state index contributed by atoms with van der Waals surface area (Å²) in [6.45, 7) is 1.18. The van der Waals surface area contributed by atoms with Crippen LogP contribution in [0.3, 0.4) is 0 Å². The van der Waals surface area contributed by atoms with Crippen LogP contribution < -0.4 is 10.2 Å². The quantitative estimate of drug-likeness (QED) is 0.576. The molecule has 1 saturated heterocycles. The Morgan fingerprint density at radius 3 is 2.64 bits per heavy atom. The van der Waals surface area contributed by atoms with Crippen molar-refractivity contribution in [3.8, 4) is 5.88 Å². The van der Waals surface area contributed by atoms with Gasteiger partial charge in [-0.2, -0.15) is 0 Å². The van der Waals surface area contributed by atoms with Gasteiger partial charge in [-0.3, -0.25) is 0 Å². The molecule has 0 aromatic carbocycles. The molecule has 1 aromatic rings. The van der Waals surface area contributed by atoms with Crippen LogP contribution in [0.4, 0.5) is 0 Å². The summed E-state index contributed by atoms with van der Waals surface area (Å²) < 4.78 is 10.3. The Morgan fingerprint density at radius 2 is 2.21 bits per heavy atom. The predicted molar refractivity (Wildman–Crippen MR) is 49.3 cm³/mol. The minimum atomic E-state index is -1.48. The van der Waals surface area contributed by atoms with Gasteiger partial charge in [-0.15, -0.1) is 0 Å². The Morgan fingerprint density at radius 1 is 1.43 bits per heavy atom. The van der Waals surface area contributed by atoms with Gasteiger partial charge in [0.15, 0.2) is 0 Å². The maximum Gasteiger partial charge on any atom is 0.490 e. The van der Waals surface area contributed by atoms with Gasteiger partial charge in [0, 0.05) is 11.7 Å². The zero-order valence-electron chi connectivity index (χ0n) is 7.46. The lowest BCUT2D eigenvalue weighted by Crippen LogP contribution is -2.39. The molecule has 2 rings (SSSR count). The van der Waals surface area contributed by atoms with E-state index in [0.717, 1.165) is 0 Å². The number of hydrogen-bond acceptors (Lipinski definition) is 5. The highest BCUT2D eigenvalue weighted by Gasteiger charge is 2.20. The van der Waals surface area contributed by atoms with E-state index < -0.39 is 7.12 Å². The van der Waals surface area contributed by atoms with Crippen LogP contribution in [0.5, 0.6) is 5.88 Å². The molecule has 0 bridgehead atoms. The van der Waals surface area contributed by atoms with Crippen LogP contribution in [-0.2, 0) is 4.74 Å². The topological polar surface area (TPSA) is 71.8 Å². The fraction of sp³-hybridized carbons (Fsp3) is 0.375. The molecular weight excluding hydrogens is 185 g/mol. The molecule has 1 aromatic heterocycles. The molecule has 2 heterocycles. The standard InChI is InChI=1S/C8H10BNO4/c11-9(12)6-1-2-8(10-3-6)14-7-4-13-5-7/h1-3,7,11-12H,4-5H2. The lowest BCUT2D eigenvalue weighted by molar-refractivity contribution is -0.0813. The first-order valence-corrected chi connectivity index (χ1v) is 4.32. The third-order valence-corrected chi connectivity index (χ3v) is 1.95. The number of ether oxygens (including phenoxy) is 2. The van der Waals surface area contributed by atoms with E-state index in [9.17, 15) is 0 Å². The maximum absolute atomic E-state index is 8.81. The van der Waals surface area contributed by atoms with Crippen molar-refractivity contribution >= 4 is 12.6 Å². The second-order valence-electron chi connectivity index (χ2n) is 3.08. The van der Waals surface area contributed by atoms with E-state index >= 15 is 0 Å². The summed E-state index contributed by atoms with van der Waals surface area (Å²) in [4.78, 5) is 3.92. The van der Waals surface area contributed by atoms with Crippen LogP contribution in [0, 0.1) is 0 Å². The fourth-order valence-electron chi connectivity index (χ4n) is 1.07. The number of rotatable bonds is 3. The predicted octanol–water partition coefficient (Wildman–Crippen LogP) is -1.46. The van der Waals surface area contributed by atoms with Crippen LogP contribution >= 0.6 is 0 Å². The van der Waals surface area contributed by atoms with E-state index in [1.54, 1.807) is 12.1 Å². The van der Waals surface area contributed by atoms with Gasteiger partial charge in [-0.1, -0.05) is 6.07 Å². The van der Waals surface area contributed by atoms with Gasteiger partial charge in [0.1, 0.15) is 6.10 Å². The van der Waals surface area contributed by atoms with Crippen molar-refractivity contribution in [2.24, 2.45) is 0 Å². The maximum atomic E-state index is 8.81. The third kappa shape index (κ3) is 2.04. The Kier molecular flexibility index (Phi) is 2.67. The average Bonchev–Trinajstić information content (AvgIpc) is 2.12. The minimum Gasteiger partial charge on any atom is -0.469 e. The second kappa shape index (κ2) is 3.95. The summed E-state index contributed by atoms with van der Waals surface area (Å²) in [7, 11) is -1.48. The van der Waals surface area contributed by atoms with E-state index in [4.69, 9.17) is 19.5 Å². The van der Waals surface area contributed by atoms with Gasteiger partial charge in [-0.05, 0) is 6.07 Å². The molecule has 5 nitrogen and oxygen atoms in total. The lowest BCUT2D eigenvalue weighted by Gasteiger charge is -2.26. The van der Waals surface area contributed by atoms with E-state index in [1.165, 1.54) is 6.20 Å². The molecule has 0 unspecified atom stereocenters. The Bertz CT molecular complexity index is 299. The molecule has 0 amide bonds. The fourth-order valence-corrected chi connectivity index (χ4v) is 1.07. The normalized spacial score (nSPS) is 16.1. The van der Waals surface area contributed by atoms with Crippen molar-refractivity contribution in [2.45, 2.75) is 6.10 Å². The van der Waals surface area contributed by atoms with Crippen LogP contribution in [0.1, 0.15) is 0 Å². The van der Waals surface area contributed by atoms with E-state index in [2.05, 4.69) is 4.98 Å². The van der Waals surface area contributed by atoms with Gasteiger partial charge in [-0.25, -0.2) is 4.98 Å². The van der Waals surface area contributed by atoms with Gasteiger partial charge in [0.05, 0.1) is 13.2 Å².